The van der Waals surface area contributed by atoms with Crippen LogP contribution in [0.3, 0.4) is 0 Å². The number of aliphatic hydroxyl groups is 1. The zero-order chi connectivity index (χ0) is 19.9. The van der Waals surface area contributed by atoms with Crippen LogP contribution in [0.15, 0.2) is 33.4 Å². The number of carbonyl (C=O) groups excluding carboxylic acids is 1. The molecule has 1 heterocycles. The Balaban J connectivity index is 2.51. The summed E-state index contributed by atoms with van der Waals surface area (Å²) >= 11 is 0.668. The van der Waals surface area contributed by atoms with Gasteiger partial charge in [0.1, 0.15) is 15.4 Å². The average molecular weight is 404 g/mol. The van der Waals surface area contributed by atoms with Crippen molar-refractivity contribution < 1.29 is 27.1 Å². The molecule has 2 aromatic rings. The van der Waals surface area contributed by atoms with Crippen LogP contribution in [-0.2, 0) is 9.84 Å². The Morgan fingerprint density at radius 2 is 1.85 bits per heavy atom. The molecule has 0 fully saturated rings. The summed E-state index contributed by atoms with van der Waals surface area (Å²) in [7, 11) is -4.20. The third kappa shape index (κ3) is 4.02. The van der Waals surface area contributed by atoms with Crippen molar-refractivity contribution in [3.05, 3.63) is 41.5 Å². The maximum atomic E-state index is 13.4. The van der Waals surface area contributed by atoms with Crippen LogP contribution in [0.4, 0.5) is 13.8 Å². The van der Waals surface area contributed by atoms with Crippen molar-refractivity contribution in [2.75, 3.05) is 5.32 Å². The van der Waals surface area contributed by atoms with Gasteiger partial charge < -0.3 is 16.2 Å². The number of thiophene rings is 1. The zero-order valence-corrected chi connectivity index (χ0v) is 15.8. The first-order valence-corrected chi connectivity index (χ1v) is 9.72. The molecular formula is C16H18F2N2O4S2. The number of halogens is 2. The fourth-order valence-corrected chi connectivity index (χ4v) is 4.70. The van der Waals surface area contributed by atoms with Crippen LogP contribution in [0.25, 0.3) is 0 Å². The van der Waals surface area contributed by atoms with Crippen molar-refractivity contribution in [3.8, 4) is 0 Å². The number of carbonyl (C=O) groups is 1. The monoisotopic (exact) mass is 404 g/mol. The highest BCUT2D eigenvalue weighted by Crippen LogP contribution is 2.36. The summed E-state index contributed by atoms with van der Waals surface area (Å²) in [6.45, 7) is 5.21. The van der Waals surface area contributed by atoms with Crippen molar-refractivity contribution in [1.82, 2.24) is 0 Å². The number of amides is 1. The fourth-order valence-electron chi connectivity index (χ4n) is 1.89. The van der Waals surface area contributed by atoms with Crippen molar-refractivity contribution in [2.45, 2.75) is 36.1 Å². The molecule has 4 N–H and O–H groups in total. The Morgan fingerprint density at radius 1 is 1.23 bits per heavy atom. The quantitative estimate of drug-likeness (QED) is 0.524. The van der Waals surface area contributed by atoms with Gasteiger partial charge in [-0.3, -0.25) is 4.79 Å². The Bertz CT molecular complexity index is 950. The van der Waals surface area contributed by atoms with E-state index in [1.54, 1.807) is 20.8 Å². The molecule has 26 heavy (non-hydrogen) atoms. The lowest BCUT2D eigenvalue weighted by Gasteiger charge is -2.27. The van der Waals surface area contributed by atoms with Gasteiger partial charge in [0.25, 0.3) is 5.91 Å². The van der Waals surface area contributed by atoms with Crippen LogP contribution in [0.2, 0.25) is 0 Å². The van der Waals surface area contributed by atoms with Gasteiger partial charge in [-0.25, -0.2) is 17.2 Å². The molecular weight excluding hydrogens is 386 g/mol. The van der Waals surface area contributed by atoms with Gasteiger partial charge in [0.15, 0.2) is 11.6 Å². The lowest BCUT2D eigenvalue weighted by Crippen LogP contribution is -2.33. The highest BCUT2D eigenvalue weighted by Gasteiger charge is 2.28. The molecule has 1 amide bonds. The summed E-state index contributed by atoms with van der Waals surface area (Å²) in [5.74, 6) is -3.38. The van der Waals surface area contributed by atoms with Crippen molar-refractivity contribution in [1.29, 1.82) is 0 Å². The number of hydrogen-bond acceptors (Lipinski definition) is 6. The van der Waals surface area contributed by atoms with Crippen LogP contribution in [0.5, 0.6) is 0 Å². The average Bonchev–Trinajstić information content (AvgIpc) is 2.93. The second-order valence-corrected chi connectivity index (χ2v) is 9.89. The minimum atomic E-state index is -4.20. The summed E-state index contributed by atoms with van der Waals surface area (Å²) in [6, 6.07) is 3.23. The van der Waals surface area contributed by atoms with Crippen molar-refractivity contribution in [2.24, 2.45) is 11.1 Å². The number of nitrogens with one attached hydrogen (secondary N) is 1. The number of rotatable bonds is 5. The summed E-state index contributed by atoms with van der Waals surface area (Å²) in [5, 5.41) is 12.9. The molecule has 1 aromatic heterocycles. The molecule has 0 aliphatic carbocycles. The van der Waals surface area contributed by atoms with Gasteiger partial charge in [0.2, 0.25) is 9.84 Å². The van der Waals surface area contributed by atoms with Crippen LogP contribution in [0, 0.1) is 17.0 Å². The molecule has 142 valence electrons. The molecule has 1 aromatic carbocycles. The van der Waals surface area contributed by atoms with Crippen LogP contribution >= 0.6 is 11.3 Å². The summed E-state index contributed by atoms with van der Waals surface area (Å²) in [4.78, 5) is 11.2. The Morgan fingerprint density at radius 3 is 2.35 bits per heavy atom. The molecule has 0 aliphatic heterocycles. The van der Waals surface area contributed by atoms with Gasteiger partial charge >= 0.3 is 0 Å². The second-order valence-electron chi connectivity index (χ2n) is 6.66. The smallest absolute Gasteiger partial charge is 0.251 e. The molecule has 0 spiro atoms. The highest BCUT2D eigenvalue weighted by molar-refractivity contribution is 7.93. The molecule has 0 saturated carbocycles. The van der Waals surface area contributed by atoms with E-state index in [1.165, 1.54) is 0 Å². The minimum Gasteiger partial charge on any atom is -0.373 e. The third-order valence-corrected chi connectivity index (χ3v) is 6.82. The molecule has 6 nitrogen and oxygen atoms in total. The molecule has 0 radical (unpaired) electrons. The molecule has 0 saturated heterocycles. The number of benzene rings is 1. The predicted molar refractivity (Wildman–Crippen MR) is 93.7 cm³/mol. The van der Waals surface area contributed by atoms with E-state index < -0.39 is 43.9 Å². The molecule has 0 aliphatic rings. The van der Waals surface area contributed by atoms with Crippen molar-refractivity contribution >= 4 is 32.1 Å². The number of anilines is 1. The largest absolute Gasteiger partial charge is 0.373 e. The Labute approximate surface area is 153 Å². The Hall–Kier alpha value is -2.04. The minimum absolute atomic E-state index is 0.0704. The number of primary amides is 1. The molecule has 0 bridgehead atoms. The van der Waals surface area contributed by atoms with E-state index >= 15 is 0 Å². The van der Waals surface area contributed by atoms with Gasteiger partial charge in [-0.15, -0.1) is 11.3 Å². The number of sulfone groups is 1. The zero-order valence-electron chi connectivity index (χ0n) is 14.2. The van der Waals surface area contributed by atoms with Crippen molar-refractivity contribution in [3.63, 3.8) is 0 Å². The topological polar surface area (TPSA) is 109 Å². The van der Waals surface area contributed by atoms with Gasteiger partial charge in [-0.1, -0.05) is 20.8 Å². The van der Waals surface area contributed by atoms with E-state index in [1.807, 2.05) is 0 Å². The Kier molecular flexibility index (Phi) is 5.41. The normalized spacial score (nSPS) is 13.5. The highest BCUT2D eigenvalue weighted by atomic mass is 32.2. The summed E-state index contributed by atoms with van der Waals surface area (Å²) < 4.78 is 51.4. The number of aliphatic hydroxyl groups excluding tert-OH is 1. The standard InChI is InChI=1S/C16H18F2N2O4S2/c1-16(2,3)15(22)20-14-9(13(19)21)7-12(25-14)26(23,24)8-4-5-10(17)11(18)6-8/h4-7,15,20,22H,1-3H3,(H2,19,21). The van der Waals surface area contributed by atoms with Crippen LogP contribution in [0.1, 0.15) is 31.1 Å². The van der Waals surface area contributed by atoms with Gasteiger partial charge in [-0.2, -0.15) is 0 Å². The van der Waals surface area contributed by atoms with E-state index in [0.717, 1.165) is 12.1 Å². The first-order chi connectivity index (χ1) is 11.8. The van der Waals surface area contributed by atoms with E-state index in [2.05, 4.69) is 5.32 Å². The molecule has 1 atom stereocenters. The third-order valence-electron chi connectivity index (χ3n) is 3.53. The summed E-state index contributed by atoms with van der Waals surface area (Å²) in [5.41, 5.74) is 4.56. The van der Waals surface area contributed by atoms with Crippen LogP contribution < -0.4 is 11.1 Å². The van der Waals surface area contributed by atoms with Gasteiger partial charge in [-0.05, 0) is 24.3 Å². The summed E-state index contributed by atoms with van der Waals surface area (Å²) in [6.07, 6.45) is -1.09. The van der Waals surface area contributed by atoms with Gasteiger partial charge in [0, 0.05) is 5.41 Å². The first kappa shape index (κ1) is 20.3. The van der Waals surface area contributed by atoms with E-state index in [4.69, 9.17) is 5.73 Å². The van der Waals surface area contributed by atoms with E-state index in [0.29, 0.717) is 23.5 Å². The maximum Gasteiger partial charge on any atom is 0.251 e. The molecule has 1 unspecified atom stereocenters. The molecule has 10 heteroatoms. The second kappa shape index (κ2) is 6.93. The van der Waals surface area contributed by atoms with E-state index in [-0.39, 0.29) is 14.8 Å². The SMILES string of the molecule is CC(C)(C)C(O)Nc1sc(S(=O)(=O)c2ccc(F)c(F)c2)cc1C(N)=O. The fraction of sp³-hybridized carbons (Fsp3) is 0.312. The van der Waals surface area contributed by atoms with Gasteiger partial charge in [0.05, 0.1) is 10.5 Å². The lowest BCUT2D eigenvalue weighted by molar-refractivity contribution is 0.0880. The maximum absolute atomic E-state index is 13.4. The van der Waals surface area contributed by atoms with Crippen LogP contribution in [-0.4, -0.2) is 25.7 Å². The first-order valence-electron chi connectivity index (χ1n) is 7.42. The molecule has 2 rings (SSSR count). The number of nitrogens with two attached hydrogens (primary N) is 1. The van der Waals surface area contributed by atoms with E-state index in [9.17, 15) is 27.1 Å². The lowest BCUT2D eigenvalue weighted by atomic mass is 9.94. The number of hydrogen-bond donors (Lipinski definition) is 3. The predicted octanol–water partition coefficient (Wildman–Crippen LogP) is 2.73.